The number of rotatable bonds is 10. The zero-order valence-corrected chi connectivity index (χ0v) is 27.7. The average Bonchev–Trinajstić information content (AvgIpc) is 2.98. The van der Waals surface area contributed by atoms with Gasteiger partial charge in [0, 0.05) is 11.4 Å². The summed E-state index contributed by atoms with van der Waals surface area (Å²) in [6.07, 6.45) is -0.561. The van der Waals surface area contributed by atoms with Crippen LogP contribution in [-0.4, -0.2) is 24.0 Å². The van der Waals surface area contributed by atoms with E-state index in [0.29, 0.717) is 22.9 Å². The molecule has 0 aliphatic rings. The number of benzene rings is 4. The molecule has 0 aromatic heterocycles. The molecule has 0 aliphatic carbocycles. The lowest BCUT2D eigenvalue weighted by Crippen LogP contribution is -2.30. The first-order chi connectivity index (χ1) is 21.2. The predicted octanol–water partition coefficient (Wildman–Crippen LogP) is 8.68. The van der Waals surface area contributed by atoms with Crippen molar-refractivity contribution in [2.45, 2.75) is 84.8 Å². The van der Waals surface area contributed by atoms with Crippen molar-refractivity contribution in [1.82, 2.24) is 0 Å². The van der Waals surface area contributed by atoms with E-state index >= 15 is 0 Å². The van der Waals surface area contributed by atoms with Crippen LogP contribution < -0.4 is 20.1 Å². The van der Waals surface area contributed by atoms with Crippen molar-refractivity contribution in [3.05, 3.63) is 119 Å². The lowest BCUT2D eigenvalue weighted by atomic mass is 9.87. The molecule has 4 rings (SSSR count). The lowest BCUT2D eigenvalue weighted by molar-refractivity contribution is -0.122. The van der Waals surface area contributed by atoms with E-state index in [1.807, 2.05) is 97.1 Å². The van der Waals surface area contributed by atoms with Crippen molar-refractivity contribution in [2.24, 2.45) is 0 Å². The van der Waals surface area contributed by atoms with Gasteiger partial charge < -0.3 is 20.1 Å². The minimum absolute atomic E-state index is 0.0593. The summed E-state index contributed by atoms with van der Waals surface area (Å²) in [5.74, 6) is 0.907. The van der Waals surface area contributed by atoms with Gasteiger partial charge in [0.25, 0.3) is 11.8 Å². The number of carbonyl (C=O) groups excluding carboxylic acids is 2. The third kappa shape index (κ3) is 9.70. The molecule has 0 saturated carbocycles. The van der Waals surface area contributed by atoms with E-state index in [9.17, 15) is 9.59 Å². The van der Waals surface area contributed by atoms with Crippen LogP contribution in [0.3, 0.4) is 0 Å². The summed E-state index contributed by atoms with van der Waals surface area (Å²) in [6, 6.07) is 31.3. The van der Waals surface area contributed by atoms with Gasteiger partial charge in [-0.15, -0.1) is 0 Å². The fraction of sp³-hybridized carbons (Fsp3) is 0.333. The van der Waals surface area contributed by atoms with E-state index in [-0.39, 0.29) is 22.6 Å². The van der Waals surface area contributed by atoms with Gasteiger partial charge in [-0.2, -0.15) is 0 Å². The summed E-state index contributed by atoms with van der Waals surface area (Å²) < 4.78 is 11.7. The summed E-state index contributed by atoms with van der Waals surface area (Å²) in [7, 11) is 0. The Kier molecular flexibility index (Phi) is 10.4. The molecule has 0 saturated heterocycles. The molecular weight excluding hydrogens is 560 g/mol. The monoisotopic (exact) mass is 606 g/mol. The molecule has 2 N–H and O–H groups in total. The Morgan fingerprint density at radius 3 is 1.13 bits per heavy atom. The fourth-order valence-corrected chi connectivity index (χ4v) is 4.72. The molecule has 0 radical (unpaired) electrons. The van der Waals surface area contributed by atoms with E-state index in [4.69, 9.17) is 9.47 Å². The SMILES string of the molecule is CC(Oc1ccc(C(C)(C)C)cc1)C(=O)Nc1ccc(Cc2ccc(NC(=O)C(C)Oc3ccc(C(C)(C)C)cc3)cc2)cc1. The van der Waals surface area contributed by atoms with E-state index in [2.05, 4.69) is 52.2 Å². The number of hydrogen-bond acceptors (Lipinski definition) is 4. The normalized spacial score (nSPS) is 13.0. The Bertz CT molecular complexity index is 1440. The van der Waals surface area contributed by atoms with Crippen LogP contribution in [0.5, 0.6) is 11.5 Å². The highest BCUT2D eigenvalue weighted by Crippen LogP contribution is 2.26. The zero-order chi connectivity index (χ0) is 32.8. The van der Waals surface area contributed by atoms with Gasteiger partial charge in [-0.25, -0.2) is 0 Å². The fourth-order valence-electron chi connectivity index (χ4n) is 4.72. The van der Waals surface area contributed by atoms with Gasteiger partial charge in [-0.05, 0) is 102 Å². The number of carbonyl (C=O) groups is 2. The number of anilines is 2. The highest BCUT2D eigenvalue weighted by Gasteiger charge is 2.18. The van der Waals surface area contributed by atoms with Gasteiger partial charge in [-0.1, -0.05) is 90.1 Å². The van der Waals surface area contributed by atoms with Crippen LogP contribution in [0.1, 0.15) is 77.6 Å². The predicted molar refractivity (Wildman–Crippen MR) is 183 cm³/mol. The Morgan fingerprint density at radius 1 is 0.533 bits per heavy atom. The third-order valence-corrected chi connectivity index (χ3v) is 7.66. The molecule has 2 amide bonds. The van der Waals surface area contributed by atoms with Crippen molar-refractivity contribution >= 4 is 23.2 Å². The van der Waals surface area contributed by atoms with Crippen LogP contribution in [-0.2, 0) is 26.8 Å². The van der Waals surface area contributed by atoms with Gasteiger partial charge in [0.05, 0.1) is 0 Å². The first kappa shape index (κ1) is 33.3. The molecule has 6 heteroatoms. The van der Waals surface area contributed by atoms with E-state index < -0.39 is 12.2 Å². The smallest absolute Gasteiger partial charge is 0.265 e. The van der Waals surface area contributed by atoms with Crippen LogP contribution in [0.2, 0.25) is 0 Å². The van der Waals surface area contributed by atoms with E-state index in [0.717, 1.165) is 17.5 Å². The first-order valence-corrected chi connectivity index (χ1v) is 15.5. The summed E-state index contributed by atoms with van der Waals surface area (Å²) in [5.41, 5.74) is 6.17. The standard InChI is InChI=1S/C39H46N2O4/c1-26(44-34-21-13-30(14-22-34)38(3,4)5)36(42)40-32-17-9-28(10-18-32)25-29-11-19-33(20-12-29)41-37(43)27(2)45-35-23-15-31(16-24-35)39(6,7)8/h9-24,26-27H,25H2,1-8H3,(H,40,42)(H,41,43). The Labute approximate surface area is 268 Å². The minimum Gasteiger partial charge on any atom is -0.481 e. The van der Waals surface area contributed by atoms with Crippen molar-refractivity contribution < 1.29 is 19.1 Å². The zero-order valence-electron chi connectivity index (χ0n) is 27.7. The summed E-state index contributed by atoms with van der Waals surface area (Å²) in [6.45, 7) is 16.5. The Morgan fingerprint density at radius 2 is 0.844 bits per heavy atom. The first-order valence-electron chi connectivity index (χ1n) is 15.5. The second-order valence-corrected chi connectivity index (χ2v) is 13.6. The molecule has 2 unspecified atom stereocenters. The molecule has 45 heavy (non-hydrogen) atoms. The topological polar surface area (TPSA) is 76.7 Å². The van der Waals surface area contributed by atoms with Gasteiger partial charge in [0.2, 0.25) is 0 Å². The van der Waals surface area contributed by atoms with Crippen LogP contribution in [0.4, 0.5) is 11.4 Å². The molecule has 0 bridgehead atoms. The largest absolute Gasteiger partial charge is 0.481 e. The highest BCUT2D eigenvalue weighted by molar-refractivity contribution is 5.94. The molecule has 4 aromatic carbocycles. The summed E-state index contributed by atoms with van der Waals surface area (Å²) >= 11 is 0. The molecule has 0 fully saturated rings. The van der Waals surface area contributed by atoms with Gasteiger partial charge >= 0.3 is 0 Å². The van der Waals surface area contributed by atoms with Crippen LogP contribution in [0, 0.1) is 0 Å². The maximum Gasteiger partial charge on any atom is 0.265 e. The summed E-state index contributed by atoms with van der Waals surface area (Å²) in [5, 5.41) is 5.86. The molecule has 6 nitrogen and oxygen atoms in total. The Hall–Kier alpha value is -4.58. The molecular formula is C39H46N2O4. The Balaban J connectivity index is 1.24. The minimum atomic E-state index is -0.640. The molecule has 4 aromatic rings. The molecule has 0 spiro atoms. The molecule has 2 atom stereocenters. The number of hydrogen-bond donors (Lipinski definition) is 2. The van der Waals surface area contributed by atoms with E-state index in [1.165, 1.54) is 11.1 Å². The second-order valence-electron chi connectivity index (χ2n) is 13.6. The average molecular weight is 607 g/mol. The number of ether oxygens (including phenoxy) is 2. The number of nitrogens with one attached hydrogen (secondary N) is 2. The van der Waals surface area contributed by atoms with Gasteiger partial charge in [0.1, 0.15) is 11.5 Å². The quantitative estimate of drug-likeness (QED) is 0.189. The maximum atomic E-state index is 12.7. The number of amides is 2. The molecule has 0 aliphatic heterocycles. The van der Waals surface area contributed by atoms with Crippen LogP contribution >= 0.6 is 0 Å². The lowest BCUT2D eigenvalue weighted by Gasteiger charge is -2.20. The summed E-state index contributed by atoms with van der Waals surface area (Å²) in [4.78, 5) is 25.5. The highest BCUT2D eigenvalue weighted by atomic mass is 16.5. The van der Waals surface area contributed by atoms with Crippen molar-refractivity contribution in [3.63, 3.8) is 0 Å². The van der Waals surface area contributed by atoms with E-state index in [1.54, 1.807) is 13.8 Å². The third-order valence-electron chi connectivity index (χ3n) is 7.66. The van der Waals surface area contributed by atoms with Crippen LogP contribution in [0.25, 0.3) is 0 Å². The molecule has 0 heterocycles. The van der Waals surface area contributed by atoms with Crippen molar-refractivity contribution in [1.29, 1.82) is 0 Å². The van der Waals surface area contributed by atoms with Crippen molar-refractivity contribution in [3.8, 4) is 11.5 Å². The maximum absolute atomic E-state index is 12.7. The second kappa shape index (κ2) is 14.0. The van der Waals surface area contributed by atoms with Gasteiger partial charge in [0.15, 0.2) is 12.2 Å². The van der Waals surface area contributed by atoms with Gasteiger partial charge in [-0.3, -0.25) is 9.59 Å². The van der Waals surface area contributed by atoms with Crippen molar-refractivity contribution in [2.75, 3.05) is 10.6 Å². The van der Waals surface area contributed by atoms with Crippen LogP contribution in [0.15, 0.2) is 97.1 Å². The molecule has 236 valence electrons.